The Bertz CT molecular complexity index is 746. The van der Waals surface area contributed by atoms with E-state index in [1.165, 1.54) is 4.88 Å². The third-order valence-electron chi connectivity index (χ3n) is 3.44. The van der Waals surface area contributed by atoms with Crippen LogP contribution in [0.4, 0.5) is 0 Å². The third-order valence-corrected chi connectivity index (χ3v) is 5.49. The zero-order valence-corrected chi connectivity index (χ0v) is 15.7. The van der Waals surface area contributed by atoms with Crippen molar-refractivity contribution in [3.63, 3.8) is 0 Å². The van der Waals surface area contributed by atoms with Crippen molar-refractivity contribution >= 4 is 46.4 Å². The van der Waals surface area contributed by atoms with Crippen molar-refractivity contribution in [2.24, 2.45) is 0 Å². The highest BCUT2D eigenvalue weighted by Crippen LogP contribution is 2.25. The molecule has 1 unspecified atom stereocenters. The molecule has 1 aromatic carbocycles. The summed E-state index contributed by atoms with van der Waals surface area (Å²) in [4.78, 5) is 26.7. The first-order valence-electron chi connectivity index (χ1n) is 7.52. The molecule has 0 radical (unpaired) electrons. The normalized spacial score (nSPS) is 11.8. The molecule has 2 amide bonds. The summed E-state index contributed by atoms with van der Waals surface area (Å²) in [6.07, 6.45) is 0.978. The Morgan fingerprint density at radius 2 is 1.88 bits per heavy atom. The molecule has 0 aliphatic rings. The molecule has 24 heavy (non-hydrogen) atoms. The Morgan fingerprint density at radius 1 is 1.17 bits per heavy atom. The second kappa shape index (κ2) is 8.51. The van der Waals surface area contributed by atoms with Gasteiger partial charge in [0.1, 0.15) is 6.04 Å². The second-order valence-corrected chi connectivity index (χ2v) is 7.27. The van der Waals surface area contributed by atoms with Crippen LogP contribution in [0.1, 0.15) is 34.0 Å². The SMILES string of the molecule is CCc1ccc(CNC(=O)C(C)NC(=O)c2cccc(Cl)c2Cl)s1. The van der Waals surface area contributed by atoms with Crippen molar-refractivity contribution in [2.75, 3.05) is 0 Å². The van der Waals surface area contributed by atoms with Crippen LogP contribution < -0.4 is 10.6 Å². The molecule has 1 aromatic heterocycles. The lowest BCUT2D eigenvalue weighted by Crippen LogP contribution is -2.44. The number of hydrogen-bond acceptors (Lipinski definition) is 3. The number of halogens is 2. The maximum absolute atomic E-state index is 12.2. The maximum atomic E-state index is 12.2. The van der Waals surface area contributed by atoms with Crippen LogP contribution >= 0.6 is 34.5 Å². The smallest absolute Gasteiger partial charge is 0.253 e. The van der Waals surface area contributed by atoms with Crippen LogP contribution in [0.3, 0.4) is 0 Å². The zero-order chi connectivity index (χ0) is 17.7. The number of thiophene rings is 1. The summed E-state index contributed by atoms with van der Waals surface area (Å²) >= 11 is 13.6. The van der Waals surface area contributed by atoms with Crippen molar-refractivity contribution < 1.29 is 9.59 Å². The Labute approximate surface area is 155 Å². The largest absolute Gasteiger partial charge is 0.349 e. The minimum Gasteiger partial charge on any atom is -0.349 e. The predicted molar refractivity (Wildman–Crippen MR) is 98.9 cm³/mol. The topological polar surface area (TPSA) is 58.2 Å². The summed E-state index contributed by atoms with van der Waals surface area (Å²) in [7, 11) is 0. The number of benzene rings is 1. The standard InChI is InChI=1S/C17H18Cl2N2O2S/c1-3-11-7-8-12(24-11)9-20-16(22)10(2)21-17(23)13-5-4-6-14(18)15(13)19/h4-8,10H,3,9H2,1-2H3,(H,20,22)(H,21,23). The van der Waals surface area contributed by atoms with Crippen LogP contribution in [-0.4, -0.2) is 17.9 Å². The number of aryl methyl sites for hydroxylation is 1. The highest BCUT2D eigenvalue weighted by molar-refractivity contribution is 7.11. The molecule has 0 saturated heterocycles. The lowest BCUT2D eigenvalue weighted by Gasteiger charge is -2.14. The maximum Gasteiger partial charge on any atom is 0.253 e. The first-order chi connectivity index (χ1) is 11.4. The van der Waals surface area contributed by atoms with Gasteiger partial charge in [-0.3, -0.25) is 9.59 Å². The molecule has 0 bridgehead atoms. The average Bonchev–Trinajstić information content (AvgIpc) is 3.03. The number of carbonyl (C=O) groups is 2. The van der Waals surface area contributed by atoms with Crippen LogP contribution in [0.25, 0.3) is 0 Å². The summed E-state index contributed by atoms with van der Waals surface area (Å²) < 4.78 is 0. The summed E-state index contributed by atoms with van der Waals surface area (Å²) in [5, 5.41) is 5.92. The fraction of sp³-hybridized carbons (Fsp3) is 0.294. The molecule has 4 nitrogen and oxygen atoms in total. The molecule has 0 spiro atoms. The van der Waals surface area contributed by atoms with Gasteiger partial charge in [-0.1, -0.05) is 36.2 Å². The van der Waals surface area contributed by atoms with Crippen LogP contribution in [0.5, 0.6) is 0 Å². The van der Waals surface area contributed by atoms with E-state index in [0.717, 1.165) is 11.3 Å². The van der Waals surface area contributed by atoms with E-state index in [-0.39, 0.29) is 16.5 Å². The fourth-order valence-corrected chi connectivity index (χ4v) is 3.34. The van der Waals surface area contributed by atoms with E-state index < -0.39 is 11.9 Å². The molecule has 2 rings (SSSR count). The first-order valence-corrected chi connectivity index (χ1v) is 9.09. The molecule has 0 aliphatic carbocycles. The average molecular weight is 385 g/mol. The quantitative estimate of drug-likeness (QED) is 0.788. The minimum atomic E-state index is -0.682. The Kier molecular flexibility index (Phi) is 6.66. The van der Waals surface area contributed by atoms with E-state index in [4.69, 9.17) is 23.2 Å². The van der Waals surface area contributed by atoms with Crippen molar-refractivity contribution in [1.29, 1.82) is 0 Å². The Balaban J connectivity index is 1.91. The van der Waals surface area contributed by atoms with Gasteiger partial charge in [0.05, 0.1) is 22.2 Å². The predicted octanol–water partition coefficient (Wildman–Crippen LogP) is 4.05. The van der Waals surface area contributed by atoms with Gasteiger partial charge in [-0.25, -0.2) is 0 Å². The number of hydrogen-bond donors (Lipinski definition) is 2. The van der Waals surface area contributed by atoms with E-state index in [1.807, 2.05) is 6.07 Å². The van der Waals surface area contributed by atoms with Gasteiger partial charge in [-0.2, -0.15) is 0 Å². The van der Waals surface area contributed by atoms with Crippen LogP contribution in [0.15, 0.2) is 30.3 Å². The van der Waals surface area contributed by atoms with Crippen molar-refractivity contribution in [3.8, 4) is 0 Å². The number of amides is 2. The van der Waals surface area contributed by atoms with E-state index in [0.29, 0.717) is 11.6 Å². The van der Waals surface area contributed by atoms with Gasteiger partial charge >= 0.3 is 0 Å². The van der Waals surface area contributed by atoms with Gasteiger partial charge in [0.15, 0.2) is 0 Å². The molecule has 0 aliphatic heterocycles. The number of nitrogens with one attached hydrogen (secondary N) is 2. The Hall–Kier alpha value is -1.56. The first kappa shape index (κ1) is 18.8. The van der Waals surface area contributed by atoms with E-state index in [1.54, 1.807) is 36.5 Å². The molecule has 0 fully saturated rings. The second-order valence-electron chi connectivity index (χ2n) is 5.24. The summed E-state index contributed by atoms with van der Waals surface area (Å²) in [5.41, 5.74) is 0.245. The van der Waals surface area contributed by atoms with E-state index in [9.17, 15) is 9.59 Å². The molecule has 7 heteroatoms. The van der Waals surface area contributed by atoms with E-state index in [2.05, 4.69) is 23.6 Å². The molecule has 1 heterocycles. The highest BCUT2D eigenvalue weighted by Gasteiger charge is 2.19. The van der Waals surface area contributed by atoms with Gasteiger partial charge < -0.3 is 10.6 Å². The molecule has 128 valence electrons. The molecular formula is C17H18Cl2N2O2S. The van der Waals surface area contributed by atoms with Gasteiger partial charge in [0, 0.05) is 9.75 Å². The zero-order valence-electron chi connectivity index (χ0n) is 13.4. The molecule has 2 aromatic rings. The molecular weight excluding hydrogens is 367 g/mol. The van der Waals surface area contributed by atoms with Gasteiger partial charge in [-0.05, 0) is 37.6 Å². The molecule has 2 N–H and O–H groups in total. The van der Waals surface area contributed by atoms with Crippen LogP contribution in [0.2, 0.25) is 10.0 Å². The van der Waals surface area contributed by atoms with Gasteiger partial charge in [0.25, 0.3) is 5.91 Å². The summed E-state index contributed by atoms with van der Waals surface area (Å²) in [6, 6.07) is 8.17. The monoisotopic (exact) mass is 384 g/mol. The van der Waals surface area contributed by atoms with E-state index >= 15 is 0 Å². The Morgan fingerprint density at radius 3 is 2.54 bits per heavy atom. The van der Waals surface area contributed by atoms with Crippen molar-refractivity contribution in [3.05, 3.63) is 55.7 Å². The van der Waals surface area contributed by atoms with Crippen molar-refractivity contribution in [1.82, 2.24) is 10.6 Å². The number of rotatable bonds is 6. The highest BCUT2D eigenvalue weighted by atomic mass is 35.5. The van der Waals surface area contributed by atoms with Crippen LogP contribution in [-0.2, 0) is 17.8 Å². The lowest BCUT2D eigenvalue weighted by molar-refractivity contribution is -0.122. The lowest BCUT2D eigenvalue weighted by atomic mass is 10.2. The molecule has 1 atom stereocenters. The fourth-order valence-electron chi connectivity index (χ4n) is 2.05. The van der Waals surface area contributed by atoms with Crippen LogP contribution in [0, 0.1) is 0 Å². The van der Waals surface area contributed by atoms with Gasteiger partial charge in [0.2, 0.25) is 5.91 Å². The summed E-state index contributed by atoms with van der Waals surface area (Å²) in [6.45, 7) is 4.16. The summed E-state index contributed by atoms with van der Waals surface area (Å²) in [5.74, 6) is -0.692. The third kappa shape index (κ3) is 4.72. The number of carbonyl (C=O) groups excluding carboxylic acids is 2. The molecule has 0 saturated carbocycles. The minimum absolute atomic E-state index is 0.176. The van der Waals surface area contributed by atoms with Crippen molar-refractivity contribution in [2.45, 2.75) is 32.9 Å². The van der Waals surface area contributed by atoms with Gasteiger partial charge in [-0.15, -0.1) is 11.3 Å².